The first kappa shape index (κ1) is 20.4. The van der Waals surface area contributed by atoms with Crippen molar-refractivity contribution in [1.29, 1.82) is 0 Å². The molecule has 25 heavy (non-hydrogen) atoms. The van der Waals surface area contributed by atoms with Crippen LogP contribution in [0.5, 0.6) is 11.5 Å². The molecule has 2 rings (SSSR count). The number of halogens is 4. The van der Waals surface area contributed by atoms with Crippen LogP contribution in [0.2, 0.25) is 0 Å². The minimum atomic E-state index is -0.780. The van der Waals surface area contributed by atoms with Crippen molar-refractivity contribution in [1.82, 2.24) is 0 Å². The molecule has 0 spiro atoms. The maximum absolute atomic E-state index is 12.3. The standard InChI is InChI=1S/C16H10Br4O5/c1-23-13-9(17)3-7(4-10(13)18)15(21)25-16(22)8-5-11(19)14(24-2)12(20)6-8/h3-6H,1-2H3. The molecule has 0 unspecified atom stereocenters. The van der Waals surface area contributed by atoms with Gasteiger partial charge in [-0.3, -0.25) is 0 Å². The van der Waals surface area contributed by atoms with Crippen molar-refractivity contribution in [3.63, 3.8) is 0 Å². The second kappa shape index (κ2) is 8.66. The summed E-state index contributed by atoms with van der Waals surface area (Å²) >= 11 is 13.2. The van der Waals surface area contributed by atoms with Crippen molar-refractivity contribution in [3.8, 4) is 11.5 Å². The van der Waals surface area contributed by atoms with E-state index in [0.29, 0.717) is 29.4 Å². The number of hydrogen-bond acceptors (Lipinski definition) is 5. The van der Waals surface area contributed by atoms with E-state index in [2.05, 4.69) is 63.7 Å². The van der Waals surface area contributed by atoms with Crippen LogP contribution in [0.1, 0.15) is 20.7 Å². The van der Waals surface area contributed by atoms with Crippen LogP contribution in [0.25, 0.3) is 0 Å². The summed E-state index contributed by atoms with van der Waals surface area (Å²) in [6.07, 6.45) is 0. The first-order valence-corrected chi connectivity index (χ1v) is 9.78. The van der Waals surface area contributed by atoms with E-state index in [1.54, 1.807) is 0 Å². The minimum absolute atomic E-state index is 0.194. The SMILES string of the molecule is COc1c(Br)cc(C(=O)OC(=O)c2cc(Br)c(OC)c(Br)c2)cc1Br. The number of carbonyl (C=O) groups excluding carboxylic acids is 2. The van der Waals surface area contributed by atoms with E-state index in [-0.39, 0.29) is 11.1 Å². The molecule has 2 aromatic carbocycles. The molecule has 0 atom stereocenters. The molecule has 0 heterocycles. The van der Waals surface area contributed by atoms with Crippen LogP contribution in [-0.2, 0) is 4.74 Å². The molecule has 0 saturated carbocycles. The van der Waals surface area contributed by atoms with Gasteiger partial charge in [-0.05, 0) is 88.0 Å². The highest BCUT2D eigenvalue weighted by Crippen LogP contribution is 2.36. The molecule has 0 aliphatic heterocycles. The van der Waals surface area contributed by atoms with Gasteiger partial charge in [0.15, 0.2) is 0 Å². The fourth-order valence-corrected chi connectivity index (χ4v) is 4.97. The molecule has 132 valence electrons. The van der Waals surface area contributed by atoms with Crippen LogP contribution in [0.4, 0.5) is 0 Å². The number of methoxy groups -OCH3 is 2. The molecule has 0 N–H and O–H groups in total. The summed E-state index contributed by atoms with van der Waals surface area (Å²) in [5.41, 5.74) is 0.388. The second-order valence-corrected chi connectivity index (χ2v) is 8.04. The van der Waals surface area contributed by atoms with E-state index < -0.39 is 11.9 Å². The minimum Gasteiger partial charge on any atom is -0.494 e. The molecule has 0 aliphatic rings. The Morgan fingerprint density at radius 3 is 1.20 bits per heavy atom. The van der Waals surface area contributed by atoms with Crippen molar-refractivity contribution >= 4 is 75.7 Å². The maximum atomic E-state index is 12.3. The highest BCUT2D eigenvalue weighted by Gasteiger charge is 2.20. The lowest BCUT2D eigenvalue weighted by molar-refractivity contribution is 0.0397. The van der Waals surface area contributed by atoms with Crippen LogP contribution in [-0.4, -0.2) is 26.2 Å². The van der Waals surface area contributed by atoms with Gasteiger partial charge in [0, 0.05) is 0 Å². The van der Waals surface area contributed by atoms with Crippen LogP contribution >= 0.6 is 63.7 Å². The Morgan fingerprint density at radius 2 is 0.960 bits per heavy atom. The van der Waals surface area contributed by atoms with Crippen LogP contribution in [0.15, 0.2) is 42.2 Å². The van der Waals surface area contributed by atoms with Gasteiger partial charge in [0.2, 0.25) is 0 Å². The van der Waals surface area contributed by atoms with Crippen LogP contribution < -0.4 is 9.47 Å². The third-order valence-electron chi connectivity index (χ3n) is 3.06. The number of ether oxygens (including phenoxy) is 3. The van der Waals surface area contributed by atoms with Gasteiger partial charge >= 0.3 is 11.9 Å². The zero-order valence-corrected chi connectivity index (χ0v) is 19.2. The molecule has 0 fully saturated rings. The summed E-state index contributed by atoms with van der Waals surface area (Å²) in [5.74, 6) is -0.494. The van der Waals surface area contributed by atoms with Gasteiger partial charge in [0.05, 0.1) is 43.2 Å². The van der Waals surface area contributed by atoms with E-state index in [4.69, 9.17) is 14.2 Å². The smallest absolute Gasteiger partial charge is 0.346 e. The normalized spacial score (nSPS) is 10.3. The molecule has 5 nitrogen and oxygen atoms in total. The Bertz CT molecular complexity index is 735. The van der Waals surface area contributed by atoms with Crippen LogP contribution in [0.3, 0.4) is 0 Å². The Balaban J connectivity index is 2.25. The first-order chi connectivity index (χ1) is 11.8. The summed E-state index contributed by atoms with van der Waals surface area (Å²) in [4.78, 5) is 24.5. The summed E-state index contributed by atoms with van der Waals surface area (Å²) in [6, 6.07) is 6.05. The van der Waals surface area contributed by atoms with E-state index in [9.17, 15) is 9.59 Å². The molecule has 0 aromatic heterocycles. The average Bonchev–Trinajstić information content (AvgIpc) is 2.54. The fraction of sp³-hybridized carbons (Fsp3) is 0.125. The molecule has 0 saturated heterocycles. The van der Waals surface area contributed by atoms with Gasteiger partial charge < -0.3 is 14.2 Å². The third-order valence-corrected chi connectivity index (χ3v) is 5.42. The van der Waals surface area contributed by atoms with Gasteiger partial charge in [-0.25, -0.2) is 9.59 Å². The topological polar surface area (TPSA) is 61.8 Å². The summed E-state index contributed by atoms with van der Waals surface area (Å²) in [7, 11) is 3.01. The predicted molar refractivity (Wildman–Crippen MR) is 107 cm³/mol. The largest absolute Gasteiger partial charge is 0.494 e. The maximum Gasteiger partial charge on any atom is 0.346 e. The summed E-state index contributed by atoms with van der Waals surface area (Å²) in [6.45, 7) is 0. The Labute approximate surface area is 177 Å². The lowest BCUT2D eigenvalue weighted by Crippen LogP contribution is -2.13. The monoisotopic (exact) mass is 598 g/mol. The van der Waals surface area contributed by atoms with Gasteiger partial charge in [0.1, 0.15) is 11.5 Å². The number of carbonyl (C=O) groups is 2. The molecule has 0 radical (unpaired) electrons. The summed E-state index contributed by atoms with van der Waals surface area (Å²) in [5, 5.41) is 0. The average molecular weight is 602 g/mol. The van der Waals surface area contributed by atoms with E-state index in [1.165, 1.54) is 38.5 Å². The fourth-order valence-electron chi connectivity index (χ4n) is 1.95. The number of esters is 2. The van der Waals surface area contributed by atoms with Crippen molar-refractivity contribution in [2.45, 2.75) is 0 Å². The molecular weight excluding hydrogens is 592 g/mol. The Kier molecular flexibility index (Phi) is 7.07. The van der Waals surface area contributed by atoms with Gasteiger partial charge in [-0.1, -0.05) is 0 Å². The van der Waals surface area contributed by atoms with E-state index >= 15 is 0 Å². The molecule has 2 aromatic rings. The quantitative estimate of drug-likeness (QED) is 0.330. The molecule has 0 amide bonds. The van der Waals surface area contributed by atoms with E-state index in [1.807, 2.05) is 0 Å². The molecule has 0 bridgehead atoms. The van der Waals surface area contributed by atoms with Crippen molar-refractivity contribution in [2.24, 2.45) is 0 Å². The Morgan fingerprint density at radius 1 is 0.680 bits per heavy atom. The number of rotatable bonds is 4. The Hall–Kier alpha value is -0.900. The van der Waals surface area contributed by atoms with Crippen molar-refractivity contribution < 1.29 is 23.8 Å². The van der Waals surface area contributed by atoms with Gasteiger partial charge in [-0.2, -0.15) is 0 Å². The predicted octanol–water partition coefficient (Wildman–Crippen LogP) is 5.75. The first-order valence-electron chi connectivity index (χ1n) is 6.61. The van der Waals surface area contributed by atoms with Crippen molar-refractivity contribution in [3.05, 3.63) is 53.3 Å². The highest BCUT2D eigenvalue weighted by molar-refractivity contribution is 9.11. The number of hydrogen-bond donors (Lipinski definition) is 0. The third kappa shape index (κ3) is 4.64. The zero-order chi connectivity index (χ0) is 18.7. The zero-order valence-electron chi connectivity index (χ0n) is 12.9. The second-order valence-electron chi connectivity index (χ2n) is 4.62. The molecular formula is C16H10Br4O5. The highest BCUT2D eigenvalue weighted by atomic mass is 79.9. The van der Waals surface area contributed by atoms with Gasteiger partial charge in [-0.15, -0.1) is 0 Å². The lowest BCUT2D eigenvalue weighted by Gasteiger charge is -2.10. The van der Waals surface area contributed by atoms with Gasteiger partial charge in [0.25, 0.3) is 0 Å². The van der Waals surface area contributed by atoms with Crippen molar-refractivity contribution in [2.75, 3.05) is 14.2 Å². The lowest BCUT2D eigenvalue weighted by atomic mass is 10.2. The summed E-state index contributed by atoms with van der Waals surface area (Å²) < 4.78 is 17.5. The van der Waals surface area contributed by atoms with Crippen LogP contribution in [0, 0.1) is 0 Å². The number of benzene rings is 2. The molecule has 0 aliphatic carbocycles. The molecule has 9 heteroatoms. The van der Waals surface area contributed by atoms with E-state index in [0.717, 1.165) is 0 Å².